The molecule has 1 aliphatic heterocycles. The zero-order valence-corrected chi connectivity index (χ0v) is 5.98. The molecule has 0 aliphatic carbocycles. The molecule has 1 heterocycles. The molecular formula is C5H7NO3S. The maximum absolute atomic E-state index is 10.7. The number of hydrogen-bond acceptors (Lipinski definition) is 3. The number of thioether (sulfide) groups is 1. The topological polar surface area (TPSA) is 66.4 Å². The molecule has 0 bridgehead atoms. The van der Waals surface area contributed by atoms with Crippen molar-refractivity contribution < 1.29 is 14.7 Å². The van der Waals surface area contributed by atoms with Crippen molar-refractivity contribution in [1.82, 2.24) is 5.32 Å². The quantitative estimate of drug-likeness (QED) is 0.580. The van der Waals surface area contributed by atoms with Crippen molar-refractivity contribution in [2.45, 2.75) is 12.5 Å². The summed E-state index contributed by atoms with van der Waals surface area (Å²) in [5.74, 6) is 0.726. The van der Waals surface area contributed by atoms with E-state index in [1.54, 1.807) is 0 Å². The van der Waals surface area contributed by atoms with E-state index >= 15 is 0 Å². The molecule has 1 saturated heterocycles. The third-order valence-electron chi connectivity index (χ3n) is 1.23. The van der Waals surface area contributed by atoms with Gasteiger partial charge in [0.1, 0.15) is 6.04 Å². The van der Waals surface area contributed by atoms with Crippen LogP contribution in [0.3, 0.4) is 0 Å². The smallest absolute Gasteiger partial charge is 0.405 e. The van der Waals surface area contributed by atoms with Gasteiger partial charge >= 0.3 is 6.09 Å². The van der Waals surface area contributed by atoms with E-state index in [2.05, 4.69) is 5.32 Å². The van der Waals surface area contributed by atoms with Gasteiger partial charge in [-0.1, -0.05) is 11.8 Å². The Morgan fingerprint density at radius 1 is 1.80 bits per heavy atom. The van der Waals surface area contributed by atoms with Gasteiger partial charge in [-0.15, -0.1) is 0 Å². The lowest BCUT2D eigenvalue weighted by atomic mass is 10.3. The fourth-order valence-electron chi connectivity index (χ4n) is 0.776. The van der Waals surface area contributed by atoms with Crippen LogP contribution in [0.15, 0.2) is 0 Å². The molecule has 1 fully saturated rings. The number of nitrogens with one attached hydrogen (secondary N) is 1. The van der Waals surface area contributed by atoms with Crippen LogP contribution in [0.5, 0.6) is 0 Å². The average Bonchev–Trinajstić information content (AvgIpc) is 2.15. The summed E-state index contributed by atoms with van der Waals surface area (Å²) in [6.07, 6.45) is -0.503. The Kier molecular flexibility index (Phi) is 2.16. The molecule has 4 nitrogen and oxygen atoms in total. The van der Waals surface area contributed by atoms with Crippen LogP contribution in [0.1, 0.15) is 6.42 Å². The minimum Gasteiger partial charge on any atom is -0.465 e. The minimum atomic E-state index is -1.12. The summed E-state index contributed by atoms with van der Waals surface area (Å²) in [6.45, 7) is 0. The van der Waals surface area contributed by atoms with E-state index in [0.29, 0.717) is 6.42 Å². The van der Waals surface area contributed by atoms with E-state index in [0.717, 1.165) is 5.75 Å². The Hall–Kier alpha value is -0.710. The third kappa shape index (κ3) is 1.63. The van der Waals surface area contributed by atoms with Gasteiger partial charge in [-0.25, -0.2) is 4.79 Å². The lowest BCUT2D eigenvalue weighted by Gasteiger charge is -2.04. The van der Waals surface area contributed by atoms with Crippen molar-refractivity contribution in [1.29, 1.82) is 0 Å². The lowest BCUT2D eigenvalue weighted by molar-refractivity contribution is -0.112. The van der Waals surface area contributed by atoms with Crippen LogP contribution >= 0.6 is 11.8 Å². The molecule has 1 rings (SSSR count). The molecule has 10 heavy (non-hydrogen) atoms. The summed E-state index contributed by atoms with van der Waals surface area (Å²) in [6, 6.07) is -0.470. The van der Waals surface area contributed by atoms with Gasteiger partial charge in [0.25, 0.3) is 0 Å². The third-order valence-corrected chi connectivity index (χ3v) is 2.24. The first kappa shape index (κ1) is 7.40. The van der Waals surface area contributed by atoms with Crippen LogP contribution in [0.2, 0.25) is 0 Å². The highest BCUT2D eigenvalue weighted by atomic mass is 32.2. The van der Waals surface area contributed by atoms with Gasteiger partial charge in [0.15, 0.2) is 0 Å². The number of carbonyl (C=O) groups is 2. The predicted molar refractivity (Wildman–Crippen MR) is 37.0 cm³/mol. The van der Waals surface area contributed by atoms with Gasteiger partial charge < -0.3 is 10.4 Å². The van der Waals surface area contributed by atoms with Crippen molar-refractivity contribution >= 4 is 23.0 Å². The van der Waals surface area contributed by atoms with Crippen molar-refractivity contribution in [3.05, 3.63) is 0 Å². The number of rotatable bonds is 1. The van der Waals surface area contributed by atoms with Crippen molar-refractivity contribution in [2.24, 2.45) is 0 Å². The van der Waals surface area contributed by atoms with Gasteiger partial charge in [-0.2, -0.15) is 0 Å². The molecular weight excluding hydrogens is 154 g/mol. The van der Waals surface area contributed by atoms with Gasteiger partial charge in [0.05, 0.1) is 0 Å². The van der Waals surface area contributed by atoms with Gasteiger partial charge in [0, 0.05) is 5.75 Å². The molecule has 1 aliphatic rings. The second-order valence-electron chi connectivity index (χ2n) is 1.96. The predicted octanol–water partition coefficient (Wildman–Crippen LogP) is 0.286. The summed E-state index contributed by atoms with van der Waals surface area (Å²) >= 11 is 1.18. The van der Waals surface area contributed by atoms with Crippen LogP contribution in [0.25, 0.3) is 0 Å². The Morgan fingerprint density at radius 3 is 2.90 bits per heavy atom. The summed E-state index contributed by atoms with van der Waals surface area (Å²) in [5, 5.41) is 10.3. The molecule has 1 unspecified atom stereocenters. The summed E-state index contributed by atoms with van der Waals surface area (Å²) < 4.78 is 0. The van der Waals surface area contributed by atoms with Crippen molar-refractivity contribution in [3.63, 3.8) is 0 Å². The Balaban J connectivity index is 2.40. The first-order valence-corrected chi connectivity index (χ1v) is 3.85. The molecule has 1 amide bonds. The first-order chi connectivity index (χ1) is 4.70. The molecule has 2 N–H and O–H groups in total. The fraction of sp³-hybridized carbons (Fsp3) is 0.600. The monoisotopic (exact) mass is 161 g/mol. The van der Waals surface area contributed by atoms with Gasteiger partial charge in [0.2, 0.25) is 5.12 Å². The Morgan fingerprint density at radius 2 is 2.50 bits per heavy atom. The molecule has 1 atom stereocenters. The van der Waals surface area contributed by atoms with E-state index in [4.69, 9.17) is 5.11 Å². The highest BCUT2D eigenvalue weighted by Crippen LogP contribution is 2.18. The summed E-state index contributed by atoms with van der Waals surface area (Å²) in [7, 11) is 0. The number of hydrogen-bond donors (Lipinski definition) is 2. The average molecular weight is 161 g/mol. The van der Waals surface area contributed by atoms with E-state index in [-0.39, 0.29) is 5.12 Å². The standard InChI is InChI=1S/C5H7NO3S/c7-4-3(1-2-10-4)6-5(8)9/h3,6H,1-2H2,(H,8,9). The molecule has 5 heteroatoms. The second kappa shape index (κ2) is 2.92. The van der Waals surface area contributed by atoms with Crippen LogP contribution in [0.4, 0.5) is 4.79 Å². The molecule has 0 spiro atoms. The zero-order valence-electron chi connectivity index (χ0n) is 5.16. The van der Waals surface area contributed by atoms with E-state index < -0.39 is 12.1 Å². The number of carbonyl (C=O) groups excluding carboxylic acids is 1. The lowest BCUT2D eigenvalue weighted by Crippen LogP contribution is -2.35. The van der Waals surface area contributed by atoms with Crippen molar-refractivity contribution in [3.8, 4) is 0 Å². The molecule has 0 radical (unpaired) electrons. The minimum absolute atomic E-state index is 0.0672. The first-order valence-electron chi connectivity index (χ1n) is 2.86. The fourth-order valence-corrected chi connectivity index (χ4v) is 1.71. The van der Waals surface area contributed by atoms with Crippen LogP contribution in [-0.2, 0) is 4.79 Å². The van der Waals surface area contributed by atoms with Gasteiger partial charge in [-0.3, -0.25) is 4.79 Å². The number of amides is 1. The highest BCUT2D eigenvalue weighted by Gasteiger charge is 2.26. The molecule has 0 aromatic rings. The molecule has 0 aromatic carbocycles. The Bertz CT molecular complexity index is 170. The van der Waals surface area contributed by atoms with Crippen LogP contribution in [-0.4, -0.2) is 28.1 Å². The van der Waals surface area contributed by atoms with E-state index in [1.807, 2.05) is 0 Å². The largest absolute Gasteiger partial charge is 0.465 e. The van der Waals surface area contributed by atoms with E-state index in [1.165, 1.54) is 11.8 Å². The Labute approximate surface area is 62.0 Å². The summed E-state index contributed by atoms with van der Waals surface area (Å²) in [5.41, 5.74) is 0. The molecule has 0 aromatic heterocycles. The normalized spacial score (nSPS) is 24.8. The maximum atomic E-state index is 10.7. The highest BCUT2D eigenvalue weighted by molar-refractivity contribution is 8.14. The van der Waals surface area contributed by atoms with Crippen LogP contribution in [0, 0.1) is 0 Å². The van der Waals surface area contributed by atoms with Crippen molar-refractivity contribution in [2.75, 3.05) is 5.75 Å². The maximum Gasteiger partial charge on any atom is 0.405 e. The van der Waals surface area contributed by atoms with Gasteiger partial charge in [-0.05, 0) is 6.42 Å². The molecule has 0 saturated carbocycles. The number of carboxylic acid groups (broad SMARTS) is 1. The van der Waals surface area contributed by atoms with Crippen LogP contribution < -0.4 is 5.32 Å². The SMILES string of the molecule is O=C(O)NC1CCSC1=O. The second-order valence-corrected chi connectivity index (χ2v) is 3.06. The molecule has 56 valence electrons. The van der Waals surface area contributed by atoms with E-state index in [9.17, 15) is 9.59 Å². The summed E-state index contributed by atoms with van der Waals surface area (Å²) in [4.78, 5) is 20.8. The zero-order chi connectivity index (χ0) is 7.56.